The molecule has 0 bridgehead atoms. The van der Waals surface area contributed by atoms with Crippen LogP contribution in [0.4, 0.5) is 5.69 Å². The van der Waals surface area contributed by atoms with Crippen LogP contribution in [0.15, 0.2) is 23.1 Å². The van der Waals surface area contributed by atoms with Crippen LogP contribution in [-0.4, -0.2) is 62.2 Å². The fraction of sp³-hybridized carbons (Fsp3) is 0.556. The van der Waals surface area contributed by atoms with Gasteiger partial charge in [-0.2, -0.15) is 4.31 Å². The van der Waals surface area contributed by atoms with Gasteiger partial charge in [-0.05, 0) is 44.9 Å². The van der Waals surface area contributed by atoms with Gasteiger partial charge in [0.2, 0.25) is 15.9 Å². The molecule has 1 saturated heterocycles. The largest absolute Gasteiger partial charge is 0.482 e. The Bertz CT molecular complexity index is 827. The van der Waals surface area contributed by atoms with Crippen LogP contribution < -0.4 is 10.1 Å². The van der Waals surface area contributed by atoms with E-state index in [1.807, 2.05) is 13.8 Å². The normalized spacial score (nSPS) is 18.4. The van der Waals surface area contributed by atoms with Gasteiger partial charge in [0.15, 0.2) is 6.61 Å². The summed E-state index contributed by atoms with van der Waals surface area (Å²) in [5.41, 5.74) is 0.360. The third-order valence-corrected chi connectivity index (χ3v) is 6.99. The first kappa shape index (κ1) is 19.6. The van der Waals surface area contributed by atoms with Gasteiger partial charge in [0.1, 0.15) is 5.75 Å². The van der Waals surface area contributed by atoms with Crippen LogP contribution in [0.2, 0.25) is 0 Å². The first-order valence-corrected chi connectivity index (χ1v) is 10.7. The summed E-state index contributed by atoms with van der Waals surface area (Å²) in [5.74, 6) is 0.114. The maximum Gasteiger partial charge on any atom is 0.262 e. The molecule has 0 radical (unpaired) electrons. The molecule has 8 nitrogen and oxygen atoms in total. The zero-order valence-electron chi connectivity index (χ0n) is 15.6. The molecule has 1 aromatic carbocycles. The molecular weight excluding hydrogens is 370 g/mol. The monoisotopic (exact) mass is 395 g/mol. The molecule has 2 aliphatic rings. The van der Waals surface area contributed by atoms with E-state index in [0.717, 1.165) is 0 Å². The third kappa shape index (κ3) is 3.93. The lowest BCUT2D eigenvalue weighted by molar-refractivity contribution is -0.136. The van der Waals surface area contributed by atoms with Crippen LogP contribution in [0, 0.1) is 5.92 Å². The SMILES string of the molecule is CCN(CC)C(=O)C1CCN(S(=O)(=O)c2ccc3c(c2)NC(=O)CO3)CC1. The van der Waals surface area contributed by atoms with E-state index in [0.29, 0.717) is 50.5 Å². The maximum atomic E-state index is 13.0. The van der Waals surface area contributed by atoms with Gasteiger partial charge >= 0.3 is 0 Å². The predicted molar refractivity (Wildman–Crippen MR) is 100.0 cm³/mol. The third-order valence-electron chi connectivity index (χ3n) is 5.10. The number of amides is 2. The van der Waals surface area contributed by atoms with Gasteiger partial charge in [-0.1, -0.05) is 0 Å². The highest BCUT2D eigenvalue weighted by atomic mass is 32.2. The number of ether oxygens (including phenoxy) is 1. The summed E-state index contributed by atoms with van der Waals surface area (Å²) >= 11 is 0. The first-order chi connectivity index (χ1) is 12.9. The summed E-state index contributed by atoms with van der Waals surface area (Å²) in [7, 11) is -3.69. The number of carbonyl (C=O) groups is 2. The number of benzene rings is 1. The molecule has 0 aliphatic carbocycles. The minimum Gasteiger partial charge on any atom is -0.482 e. The number of hydrogen-bond acceptors (Lipinski definition) is 5. The molecule has 2 amide bonds. The van der Waals surface area contributed by atoms with Gasteiger partial charge in [0, 0.05) is 32.1 Å². The maximum absolute atomic E-state index is 13.0. The van der Waals surface area contributed by atoms with Gasteiger partial charge in [-0.15, -0.1) is 0 Å². The Balaban J connectivity index is 1.71. The Kier molecular flexibility index (Phi) is 5.71. The van der Waals surface area contributed by atoms with E-state index in [1.54, 1.807) is 11.0 Å². The standard InChI is InChI=1S/C18H25N3O5S/c1-3-20(4-2)18(23)13-7-9-21(10-8-13)27(24,25)14-5-6-16-15(11-14)19-17(22)12-26-16/h5-6,11,13H,3-4,7-10,12H2,1-2H3,(H,19,22). The van der Waals surface area contributed by atoms with Crippen LogP contribution in [0.1, 0.15) is 26.7 Å². The molecule has 0 spiro atoms. The number of hydrogen-bond donors (Lipinski definition) is 1. The van der Waals surface area contributed by atoms with Gasteiger partial charge < -0.3 is 15.0 Å². The summed E-state index contributed by atoms with van der Waals surface area (Å²) < 4.78 is 32.6. The molecule has 27 heavy (non-hydrogen) atoms. The van der Waals surface area contributed by atoms with Crippen molar-refractivity contribution in [3.05, 3.63) is 18.2 Å². The minimum atomic E-state index is -3.69. The van der Waals surface area contributed by atoms with Gasteiger partial charge in [-0.25, -0.2) is 8.42 Å². The fourth-order valence-corrected chi connectivity index (χ4v) is 5.00. The molecule has 3 rings (SSSR count). The number of nitrogens with one attached hydrogen (secondary N) is 1. The highest BCUT2D eigenvalue weighted by Crippen LogP contribution is 2.32. The molecule has 1 N–H and O–H groups in total. The van der Waals surface area contributed by atoms with E-state index >= 15 is 0 Å². The molecule has 1 aromatic rings. The Labute approximate surface area is 159 Å². The lowest BCUT2D eigenvalue weighted by Gasteiger charge is -2.33. The van der Waals surface area contributed by atoms with Crippen molar-refractivity contribution >= 4 is 27.5 Å². The molecule has 2 aliphatic heterocycles. The summed E-state index contributed by atoms with van der Waals surface area (Å²) in [6, 6.07) is 4.46. The van der Waals surface area contributed by atoms with Crippen LogP contribution in [0.3, 0.4) is 0 Å². The average molecular weight is 395 g/mol. The number of nitrogens with zero attached hydrogens (tertiary/aromatic N) is 2. The van der Waals surface area contributed by atoms with Crippen LogP contribution >= 0.6 is 0 Å². The van der Waals surface area contributed by atoms with E-state index in [9.17, 15) is 18.0 Å². The first-order valence-electron chi connectivity index (χ1n) is 9.22. The van der Waals surface area contributed by atoms with Gasteiger partial charge in [0.05, 0.1) is 10.6 Å². The fourth-order valence-electron chi connectivity index (χ4n) is 3.51. The van der Waals surface area contributed by atoms with Crippen molar-refractivity contribution < 1.29 is 22.7 Å². The van der Waals surface area contributed by atoms with Crippen LogP contribution in [0.25, 0.3) is 0 Å². The molecule has 0 aromatic heterocycles. The summed E-state index contributed by atoms with van der Waals surface area (Å²) in [5, 5.41) is 2.63. The second-order valence-corrected chi connectivity index (χ2v) is 8.62. The molecule has 9 heteroatoms. The molecule has 0 saturated carbocycles. The molecular formula is C18H25N3O5S. The molecule has 0 unspecified atom stereocenters. The van der Waals surface area contributed by atoms with E-state index < -0.39 is 10.0 Å². The van der Waals surface area contributed by atoms with E-state index in [1.165, 1.54) is 16.4 Å². The Morgan fingerprint density at radius 3 is 2.56 bits per heavy atom. The second-order valence-electron chi connectivity index (χ2n) is 6.68. The number of carbonyl (C=O) groups excluding carboxylic acids is 2. The van der Waals surface area contributed by atoms with Crippen molar-refractivity contribution in [3.63, 3.8) is 0 Å². The highest BCUT2D eigenvalue weighted by Gasteiger charge is 2.34. The quantitative estimate of drug-likeness (QED) is 0.810. The molecule has 1 fully saturated rings. The predicted octanol–water partition coefficient (Wildman–Crippen LogP) is 1.29. The second kappa shape index (κ2) is 7.85. The number of rotatable bonds is 5. The topological polar surface area (TPSA) is 96.0 Å². The van der Waals surface area contributed by atoms with Crippen molar-refractivity contribution in [2.24, 2.45) is 5.92 Å². The van der Waals surface area contributed by atoms with Crippen molar-refractivity contribution in [1.29, 1.82) is 0 Å². The average Bonchev–Trinajstić information content (AvgIpc) is 2.68. The zero-order valence-corrected chi connectivity index (χ0v) is 16.4. The van der Waals surface area contributed by atoms with Crippen molar-refractivity contribution in [3.8, 4) is 5.75 Å². The van der Waals surface area contributed by atoms with Crippen LogP contribution in [-0.2, 0) is 19.6 Å². The smallest absolute Gasteiger partial charge is 0.262 e. The number of fused-ring (bicyclic) bond motifs is 1. The van der Waals surface area contributed by atoms with E-state index in [2.05, 4.69) is 5.32 Å². The van der Waals surface area contributed by atoms with Gasteiger partial charge in [-0.3, -0.25) is 9.59 Å². The Morgan fingerprint density at radius 2 is 1.93 bits per heavy atom. The lowest BCUT2D eigenvalue weighted by atomic mass is 9.96. The molecule has 148 valence electrons. The van der Waals surface area contributed by atoms with Gasteiger partial charge in [0.25, 0.3) is 5.91 Å². The molecule has 2 heterocycles. The van der Waals surface area contributed by atoms with Crippen molar-refractivity contribution in [1.82, 2.24) is 9.21 Å². The number of anilines is 1. The summed E-state index contributed by atoms with van der Waals surface area (Å²) in [6.45, 7) is 5.75. The van der Waals surface area contributed by atoms with E-state index in [-0.39, 0.29) is 29.2 Å². The van der Waals surface area contributed by atoms with E-state index in [4.69, 9.17) is 4.74 Å². The van der Waals surface area contributed by atoms with Crippen molar-refractivity contribution in [2.75, 3.05) is 38.1 Å². The molecule has 0 atom stereocenters. The van der Waals surface area contributed by atoms with Crippen molar-refractivity contribution in [2.45, 2.75) is 31.6 Å². The Morgan fingerprint density at radius 1 is 1.26 bits per heavy atom. The lowest BCUT2D eigenvalue weighted by Crippen LogP contribution is -2.44. The summed E-state index contributed by atoms with van der Waals surface area (Å²) in [4.78, 5) is 25.8. The number of piperidine rings is 1. The highest BCUT2D eigenvalue weighted by molar-refractivity contribution is 7.89. The van der Waals surface area contributed by atoms with Crippen LogP contribution in [0.5, 0.6) is 5.75 Å². The minimum absolute atomic E-state index is 0.0762. The number of sulfonamides is 1. The Hall–Kier alpha value is -2.13. The summed E-state index contributed by atoms with van der Waals surface area (Å²) in [6.07, 6.45) is 1.03. The zero-order chi connectivity index (χ0) is 19.6.